The second-order valence-corrected chi connectivity index (χ2v) is 13.6. The van der Waals surface area contributed by atoms with Crippen molar-refractivity contribution in [2.24, 2.45) is 0 Å². The van der Waals surface area contributed by atoms with Crippen molar-refractivity contribution < 1.29 is 48.0 Å². The zero-order valence-electron chi connectivity index (χ0n) is 21.6. The molecule has 0 saturated carbocycles. The number of aryl methyl sites for hydroxylation is 2. The Bertz CT molecular complexity index is 1410. The van der Waals surface area contributed by atoms with E-state index in [1.54, 1.807) is 22.3 Å². The van der Waals surface area contributed by atoms with Gasteiger partial charge in [0.2, 0.25) is 0 Å². The Labute approximate surface area is 245 Å². The summed E-state index contributed by atoms with van der Waals surface area (Å²) < 4.78 is 1.08. The molecule has 184 valence electrons. The van der Waals surface area contributed by atoms with E-state index in [0.29, 0.717) is 7.25 Å². The second-order valence-electron chi connectivity index (χ2n) is 9.91. The van der Waals surface area contributed by atoms with Gasteiger partial charge in [-0.15, -0.1) is 0 Å². The fourth-order valence-electron chi connectivity index (χ4n) is 6.19. The standard InChI is InChI=1S/2C17H15.2ClH.Zr/c2*1-12-7-3-5-9-15(12)17-11-14-8-4-6-10-16(14)13(17)2;;;/h2*3-11H,1-2H3;2*1H;/q;;;;+2/p-2. The topological polar surface area (TPSA) is 0 Å². The van der Waals surface area contributed by atoms with Crippen LogP contribution < -0.4 is 24.8 Å². The molecule has 0 amide bonds. The van der Waals surface area contributed by atoms with Crippen LogP contribution in [0.25, 0.3) is 22.3 Å². The molecule has 0 spiro atoms. The van der Waals surface area contributed by atoms with E-state index in [1.165, 1.54) is 44.5 Å². The first-order chi connectivity index (χ1) is 17.1. The Balaban J connectivity index is 0.00000160. The number of rotatable bonds is 4. The van der Waals surface area contributed by atoms with Crippen LogP contribution in [-0.2, 0) is 23.2 Å². The smallest absolute Gasteiger partial charge is 1.00 e. The Morgan fingerprint density at radius 3 is 1.14 bits per heavy atom. The van der Waals surface area contributed by atoms with Crippen LogP contribution in [0.2, 0.25) is 0 Å². The fourth-order valence-corrected chi connectivity index (χ4v) is 11.8. The maximum atomic E-state index is 2.40. The van der Waals surface area contributed by atoms with Gasteiger partial charge < -0.3 is 24.8 Å². The first-order valence-electron chi connectivity index (χ1n) is 12.5. The molecule has 6 rings (SSSR count). The summed E-state index contributed by atoms with van der Waals surface area (Å²) in [7, 11) is 0. The van der Waals surface area contributed by atoms with Crippen molar-refractivity contribution in [3.05, 3.63) is 142 Å². The molecular formula is C34H30Cl2Zr. The largest absolute Gasteiger partial charge is 1.00 e. The molecule has 2 atom stereocenters. The monoisotopic (exact) mass is 598 g/mol. The molecule has 2 aliphatic carbocycles. The number of hydrogen-bond donors (Lipinski definition) is 0. The third kappa shape index (κ3) is 4.65. The third-order valence-corrected chi connectivity index (χ3v) is 12.5. The minimum Gasteiger partial charge on any atom is -1.00 e. The molecule has 4 aromatic rings. The van der Waals surface area contributed by atoms with Crippen LogP contribution in [0, 0.1) is 13.8 Å². The number of hydrogen-bond acceptors (Lipinski definition) is 0. The molecule has 37 heavy (non-hydrogen) atoms. The molecule has 0 heterocycles. The SMILES string of the molecule is CC1=C(c2ccccc2C)[CH]([Zr+2][CH]2C(c3ccccc3C)=C(C)c3ccccc32)c2ccccc21.[Cl-].[Cl-]. The van der Waals surface area contributed by atoms with Crippen molar-refractivity contribution in [2.75, 3.05) is 0 Å². The van der Waals surface area contributed by atoms with Gasteiger partial charge in [0, 0.05) is 0 Å². The zero-order valence-corrected chi connectivity index (χ0v) is 25.6. The summed E-state index contributed by atoms with van der Waals surface area (Å²) in [6.07, 6.45) is 0. The summed E-state index contributed by atoms with van der Waals surface area (Å²) in [5.74, 6) is 0. The van der Waals surface area contributed by atoms with Crippen molar-refractivity contribution in [3.8, 4) is 0 Å². The minimum absolute atomic E-state index is 0. The normalized spacial score (nSPS) is 17.5. The summed E-state index contributed by atoms with van der Waals surface area (Å²) in [5.41, 5.74) is 17.8. The average molecular weight is 601 g/mol. The van der Waals surface area contributed by atoms with Crippen molar-refractivity contribution in [1.82, 2.24) is 0 Å². The van der Waals surface area contributed by atoms with E-state index in [0.717, 1.165) is 0 Å². The first kappa shape index (κ1) is 27.8. The summed E-state index contributed by atoms with van der Waals surface area (Å²) in [4.78, 5) is 0. The number of allylic oxidation sites excluding steroid dienone is 4. The molecule has 0 saturated heterocycles. The van der Waals surface area contributed by atoms with E-state index in [2.05, 4.69) is 125 Å². The number of benzene rings is 4. The molecule has 4 aromatic carbocycles. The molecule has 0 aliphatic heterocycles. The van der Waals surface area contributed by atoms with Crippen LogP contribution in [0.1, 0.15) is 65.6 Å². The van der Waals surface area contributed by atoms with Crippen molar-refractivity contribution in [3.63, 3.8) is 0 Å². The summed E-state index contributed by atoms with van der Waals surface area (Å²) in [6.45, 7) is 9.25. The quantitative estimate of drug-likeness (QED) is 0.338. The molecule has 0 fully saturated rings. The molecule has 0 radical (unpaired) electrons. The van der Waals surface area contributed by atoms with E-state index in [1.807, 2.05) is 0 Å². The van der Waals surface area contributed by atoms with Gasteiger partial charge in [0.25, 0.3) is 0 Å². The Morgan fingerprint density at radius 1 is 0.432 bits per heavy atom. The van der Waals surface area contributed by atoms with Gasteiger partial charge in [-0.05, 0) is 0 Å². The Kier molecular flexibility index (Phi) is 8.49. The predicted molar refractivity (Wildman–Crippen MR) is 146 cm³/mol. The molecular weight excluding hydrogens is 571 g/mol. The second kappa shape index (κ2) is 11.3. The van der Waals surface area contributed by atoms with Crippen LogP contribution in [0.15, 0.2) is 97.1 Å². The van der Waals surface area contributed by atoms with E-state index >= 15 is 0 Å². The van der Waals surface area contributed by atoms with Gasteiger partial charge in [-0.1, -0.05) is 0 Å². The van der Waals surface area contributed by atoms with Gasteiger partial charge >= 0.3 is 222 Å². The molecule has 0 N–H and O–H groups in total. The van der Waals surface area contributed by atoms with Gasteiger partial charge in [-0.3, -0.25) is 0 Å². The van der Waals surface area contributed by atoms with Crippen LogP contribution in [0.5, 0.6) is 0 Å². The van der Waals surface area contributed by atoms with Gasteiger partial charge in [0.1, 0.15) is 0 Å². The Morgan fingerprint density at radius 2 is 0.757 bits per heavy atom. The van der Waals surface area contributed by atoms with Gasteiger partial charge in [0.05, 0.1) is 0 Å². The van der Waals surface area contributed by atoms with Crippen molar-refractivity contribution >= 4 is 22.3 Å². The van der Waals surface area contributed by atoms with E-state index in [4.69, 9.17) is 0 Å². The molecule has 0 aromatic heterocycles. The van der Waals surface area contributed by atoms with Crippen LogP contribution >= 0.6 is 0 Å². The van der Waals surface area contributed by atoms with Crippen molar-refractivity contribution in [2.45, 2.75) is 34.9 Å². The summed E-state index contributed by atoms with van der Waals surface area (Å²) in [6, 6.07) is 36.4. The van der Waals surface area contributed by atoms with Crippen LogP contribution in [0.3, 0.4) is 0 Å². The molecule has 0 bridgehead atoms. The zero-order chi connectivity index (χ0) is 24.1. The third-order valence-electron chi connectivity index (χ3n) is 7.94. The maximum Gasteiger partial charge on any atom is -1.00 e. The van der Waals surface area contributed by atoms with Gasteiger partial charge in [0.15, 0.2) is 0 Å². The summed E-state index contributed by atoms with van der Waals surface area (Å²) in [5, 5.41) is 0. The van der Waals surface area contributed by atoms with E-state index in [-0.39, 0.29) is 24.8 Å². The van der Waals surface area contributed by atoms with Crippen molar-refractivity contribution in [1.29, 1.82) is 0 Å². The van der Waals surface area contributed by atoms with Gasteiger partial charge in [-0.25, -0.2) is 0 Å². The predicted octanol–water partition coefficient (Wildman–Crippen LogP) is 3.06. The molecule has 2 unspecified atom stereocenters. The first-order valence-corrected chi connectivity index (χ1v) is 15.4. The van der Waals surface area contributed by atoms with Crippen LogP contribution in [-0.4, -0.2) is 0 Å². The number of halogens is 2. The van der Waals surface area contributed by atoms with Gasteiger partial charge in [-0.2, -0.15) is 0 Å². The van der Waals surface area contributed by atoms with Crippen LogP contribution in [0.4, 0.5) is 0 Å². The molecule has 3 heteroatoms. The van der Waals surface area contributed by atoms with E-state index < -0.39 is 23.2 Å². The fraction of sp³-hybridized carbons (Fsp3) is 0.176. The minimum atomic E-state index is -1.03. The van der Waals surface area contributed by atoms with E-state index in [9.17, 15) is 0 Å². The average Bonchev–Trinajstić information content (AvgIpc) is 3.31. The molecule has 0 nitrogen and oxygen atoms in total. The maximum absolute atomic E-state index is 2.40. The number of fused-ring (bicyclic) bond motifs is 2. The Hall–Kier alpha value is -2.18. The molecule has 2 aliphatic rings. The summed E-state index contributed by atoms with van der Waals surface area (Å²) >= 11 is -1.03.